The number of nitrogens with zero attached hydrogens (tertiary/aromatic N) is 2. The van der Waals surface area contributed by atoms with Crippen molar-refractivity contribution in [2.75, 3.05) is 6.61 Å². The third kappa shape index (κ3) is 2.55. The lowest BCUT2D eigenvalue weighted by Crippen LogP contribution is -2.18. The quantitative estimate of drug-likeness (QED) is 0.917. The molecule has 4 nitrogen and oxygen atoms in total. The number of aryl methyl sites for hydroxylation is 1. The lowest BCUT2D eigenvalue weighted by Gasteiger charge is -2.27. The molecule has 0 amide bonds. The highest BCUT2D eigenvalue weighted by atomic mass is 16.5. The van der Waals surface area contributed by atoms with Gasteiger partial charge in [-0.25, -0.2) is 0 Å². The molecule has 1 aromatic carbocycles. The first-order valence-electron chi connectivity index (χ1n) is 6.60. The summed E-state index contributed by atoms with van der Waals surface area (Å²) in [6, 6.07) is 8.31. The van der Waals surface area contributed by atoms with Crippen molar-refractivity contribution in [3.63, 3.8) is 0 Å². The molecule has 1 aliphatic rings. The van der Waals surface area contributed by atoms with Crippen LogP contribution in [0.15, 0.2) is 36.7 Å². The van der Waals surface area contributed by atoms with Gasteiger partial charge in [-0.05, 0) is 17.5 Å². The van der Waals surface area contributed by atoms with Gasteiger partial charge in [0, 0.05) is 25.2 Å². The van der Waals surface area contributed by atoms with E-state index in [9.17, 15) is 5.11 Å². The first-order valence-corrected chi connectivity index (χ1v) is 6.60. The summed E-state index contributed by atoms with van der Waals surface area (Å²) >= 11 is 0. The van der Waals surface area contributed by atoms with Crippen LogP contribution in [-0.4, -0.2) is 21.5 Å². The molecule has 2 atom stereocenters. The molecular formula is C15H18N2O2. The summed E-state index contributed by atoms with van der Waals surface area (Å²) < 4.78 is 7.52. The van der Waals surface area contributed by atoms with Gasteiger partial charge >= 0.3 is 0 Å². The maximum absolute atomic E-state index is 10.3. The van der Waals surface area contributed by atoms with Gasteiger partial charge in [0.05, 0.1) is 25.0 Å². The van der Waals surface area contributed by atoms with Crippen molar-refractivity contribution in [2.24, 2.45) is 7.05 Å². The SMILES string of the molecule is Cn1cc(C(O)CC2OCCc3ccccc32)cn1. The Kier molecular flexibility index (Phi) is 3.36. The summed E-state index contributed by atoms with van der Waals surface area (Å²) in [5, 5.41) is 14.4. The Morgan fingerprint density at radius 2 is 2.32 bits per heavy atom. The van der Waals surface area contributed by atoms with Crippen LogP contribution in [0.1, 0.15) is 35.3 Å². The molecule has 19 heavy (non-hydrogen) atoms. The summed E-state index contributed by atoms with van der Waals surface area (Å²) in [6.45, 7) is 0.724. The number of aliphatic hydroxyl groups excluding tert-OH is 1. The van der Waals surface area contributed by atoms with Crippen LogP contribution in [0.3, 0.4) is 0 Å². The van der Waals surface area contributed by atoms with Crippen molar-refractivity contribution in [1.29, 1.82) is 0 Å². The summed E-state index contributed by atoms with van der Waals surface area (Å²) in [6.07, 6.45) is 4.52. The molecule has 0 radical (unpaired) electrons. The van der Waals surface area contributed by atoms with Gasteiger partial charge in [-0.2, -0.15) is 5.10 Å². The van der Waals surface area contributed by atoms with Crippen LogP contribution >= 0.6 is 0 Å². The lowest BCUT2D eigenvalue weighted by atomic mass is 9.93. The van der Waals surface area contributed by atoms with Crippen molar-refractivity contribution in [3.05, 3.63) is 53.3 Å². The zero-order valence-corrected chi connectivity index (χ0v) is 11.0. The molecular weight excluding hydrogens is 240 g/mol. The number of fused-ring (bicyclic) bond motifs is 1. The molecule has 2 aromatic rings. The van der Waals surface area contributed by atoms with Crippen molar-refractivity contribution in [2.45, 2.75) is 25.0 Å². The normalized spacial score (nSPS) is 20.0. The van der Waals surface area contributed by atoms with Crippen LogP contribution < -0.4 is 0 Å². The van der Waals surface area contributed by atoms with Crippen molar-refractivity contribution >= 4 is 0 Å². The second-order valence-corrected chi connectivity index (χ2v) is 5.01. The van der Waals surface area contributed by atoms with Crippen LogP contribution in [0.4, 0.5) is 0 Å². The predicted molar refractivity (Wildman–Crippen MR) is 71.6 cm³/mol. The maximum Gasteiger partial charge on any atom is 0.0855 e. The average molecular weight is 258 g/mol. The molecule has 1 N–H and O–H groups in total. The molecule has 2 unspecified atom stereocenters. The molecule has 0 spiro atoms. The Morgan fingerprint density at radius 3 is 3.11 bits per heavy atom. The Bertz CT molecular complexity index is 565. The molecule has 0 saturated heterocycles. The summed E-state index contributed by atoms with van der Waals surface area (Å²) in [5.41, 5.74) is 3.38. The average Bonchev–Trinajstić information content (AvgIpc) is 2.86. The molecule has 0 saturated carbocycles. The van der Waals surface area contributed by atoms with E-state index in [0.717, 1.165) is 18.6 Å². The summed E-state index contributed by atoms with van der Waals surface area (Å²) in [7, 11) is 1.85. The van der Waals surface area contributed by atoms with E-state index in [0.29, 0.717) is 6.42 Å². The van der Waals surface area contributed by atoms with Gasteiger partial charge in [0.15, 0.2) is 0 Å². The van der Waals surface area contributed by atoms with Gasteiger partial charge in [-0.3, -0.25) is 4.68 Å². The Morgan fingerprint density at radius 1 is 1.47 bits per heavy atom. The van der Waals surface area contributed by atoms with E-state index in [4.69, 9.17) is 4.74 Å². The molecule has 4 heteroatoms. The van der Waals surface area contributed by atoms with Gasteiger partial charge in [0.2, 0.25) is 0 Å². The van der Waals surface area contributed by atoms with Crippen LogP contribution in [0.2, 0.25) is 0 Å². The fraction of sp³-hybridized carbons (Fsp3) is 0.400. The molecule has 2 heterocycles. The fourth-order valence-corrected chi connectivity index (χ4v) is 2.62. The molecule has 0 bridgehead atoms. The highest BCUT2D eigenvalue weighted by molar-refractivity contribution is 5.31. The van der Waals surface area contributed by atoms with Crippen LogP contribution in [0.5, 0.6) is 0 Å². The molecule has 3 rings (SSSR count). The predicted octanol–water partition coefficient (Wildman–Crippen LogP) is 2.16. The molecule has 0 fully saturated rings. The smallest absolute Gasteiger partial charge is 0.0855 e. The van der Waals surface area contributed by atoms with E-state index >= 15 is 0 Å². The third-order valence-corrected chi connectivity index (χ3v) is 3.64. The van der Waals surface area contributed by atoms with Gasteiger partial charge in [0.1, 0.15) is 0 Å². The number of rotatable bonds is 3. The van der Waals surface area contributed by atoms with Crippen LogP contribution in [-0.2, 0) is 18.2 Å². The van der Waals surface area contributed by atoms with Crippen LogP contribution in [0.25, 0.3) is 0 Å². The van der Waals surface area contributed by atoms with E-state index in [1.54, 1.807) is 10.9 Å². The zero-order chi connectivity index (χ0) is 13.2. The minimum Gasteiger partial charge on any atom is -0.388 e. The van der Waals surface area contributed by atoms with E-state index in [1.807, 2.05) is 19.3 Å². The monoisotopic (exact) mass is 258 g/mol. The first-order chi connectivity index (χ1) is 9.24. The number of aromatic nitrogens is 2. The van der Waals surface area contributed by atoms with Crippen molar-refractivity contribution < 1.29 is 9.84 Å². The second kappa shape index (κ2) is 5.15. The second-order valence-electron chi connectivity index (χ2n) is 5.01. The number of hydrogen-bond acceptors (Lipinski definition) is 3. The Hall–Kier alpha value is -1.65. The third-order valence-electron chi connectivity index (χ3n) is 3.64. The minimum absolute atomic E-state index is 0.0276. The molecule has 1 aromatic heterocycles. The van der Waals surface area contributed by atoms with Gasteiger partial charge in [-0.1, -0.05) is 24.3 Å². The molecule has 100 valence electrons. The standard InChI is InChI=1S/C15H18N2O2/c1-17-10-12(9-16-17)14(18)8-15-13-5-3-2-4-11(13)6-7-19-15/h2-5,9-10,14-15,18H,6-8H2,1H3. The summed E-state index contributed by atoms with van der Waals surface area (Å²) in [5.74, 6) is 0. The largest absolute Gasteiger partial charge is 0.388 e. The maximum atomic E-state index is 10.3. The summed E-state index contributed by atoms with van der Waals surface area (Å²) in [4.78, 5) is 0. The Balaban J connectivity index is 1.77. The zero-order valence-electron chi connectivity index (χ0n) is 11.0. The Labute approximate surface area is 112 Å². The van der Waals surface area contributed by atoms with Crippen molar-refractivity contribution in [1.82, 2.24) is 9.78 Å². The lowest BCUT2D eigenvalue weighted by molar-refractivity contribution is 0.00375. The topological polar surface area (TPSA) is 47.3 Å². The van der Waals surface area contributed by atoms with Crippen molar-refractivity contribution in [3.8, 4) is 0 Å². The van der Waals surface area contributed by atoms with E-state index < -0.39 is 6.10 Å². The van der Waals surface area contributed by atoms with Gasteiger partial charge in [0.25, 0.3) is 0 Å². The van der Waals surface area contributed by atoms with E-state index in [1.165, 1.54) is 11.1 Å². The van der Waals surface area contributed by atoms with Crippen LogP contribution in [0, 0.1) is 0 Å². The van der Waals surface area contributed by atoms with Gasteiger partial charge < -0.3 is 9.84 Å². The highest BCUT2D eigenvalue weighted by Crippen LogP contribution is 2.34. The van der Waals surface area contributed by atoms with Gasteiger partial charge in [-0.15, -0.1) is 0 Å². The van der Waals surface area contributed by atoms with E-state index in [-0.39, 0.29) is 6.10 Å². The number of hydrogen-bond donors (Lipinski definition) is 1. The van der Waals surface area contributed by atoms with E-state index in [2.05, 4.69) is 23.3 Å². The minimum atomic E-state index is -0.537. The highest BCUT2D eigenvalue weighted by Gasteiger charge is 2.24. The molecule has 0 aliphatic carbocycles. The molecule has 1 aliphatic heterocycles. The number of ether oxygens (including phenoxy) is 1. The fourth-order valence-electron chi connectivity index (χ4n) is 2.62. The number of aliphatic hydroxyl groups is 1. The first kappa shape index (κ1) is 12.4. The number of benzene rings is 1.